The third-order valence-corrected chi connectivity index (χ3v) is 3.14. The molecule has 0 atom stereocenters. The van der Waals surface area contributed by atoms with Crippen LogP contribution in [0.2, 0.25) is 0 Å². The van der Waals surface area contributed by atoms with E-state index in [1.54, 1.807) is 12.3 Å². The molecule has 0 spiro atoms. The number of hydrogen-bond acceptors (Lipinski definition) is 4. The summed E-state index contributed by atoms with van der Waals surface area (Å²) in [6.45, 7) is 9.56. The van der Waals surface area contributed by atoms with Crippen LogP contribution in [0.1, 0.15) is 31.9 Å². The molecular formula is C18H23N3O2. The predicted molar refractivity (Wildman–Crippen MR) is 93.3 cm³/mol. The highest BCUT2D eigenvalue weighted by Gasteiger charge is 2.16. The van der Waals surface area contributed by atoms with Crippen LogP contribution in [0.15, 0.2) is 36.5 Å². The van der Waals surface area contributed by atoms with Crippen LogP contribution in [-0.4, -0.2) is 16.7 Å². The lowest BCUT2D eigenvalue weighted by molar-refractivity contribution is 0.0636. The van der Waals surface area contributed by atoms with E-state index in [2.05, 4.69) is 15.6 Å². The third-order valence-electron chi connectivity index (χ3n) is 3.14. The summed E-state index contributed by atoms with van der Waals surface area (Å²) >= 11 is 0. The van der Waals surface area contributed by atoms with E-state index in [0.29, 0.717) is 5.69 Å². The van der Waals surface area contributed by atoms with Gasteiger partial charge in [0.2, 0.25) is 0 Å². The lowest BCUT2D eigenvalue weighted by Gasteiger charge is -2.19. The minimum Gasteiger partial charge on any atom is -0.444 e. The highest BCUT2D eigenvalue weighted by atomic mass is 16.6. The summed E-state index contributed by atoms with van der Waals surface area (Å²) in [4.78, 5) is 16.0. The zero-order chi connectivity index (χ0) is 17.0. The van der Waals surface area contributed by atoms with Gasteiger partial charge in [0, 0.05) is 5.69 Å². The van der Waals surface area contributed by atoms with Gasteiger partial charge in [0.1, 0.15) is 11.4 Å². The highest BCUT2D eigenvalue weighted by Crippen LogP contribution is 2.23. The molecule has 1 aromatic heterocycles. The van der Waals surface area contributed by atoms with Gasteiger partial charge in [-0.05, 0) is 57.9 Å². The molecule has 23 heavy (non-hydrogen) atoms. The molecule has 1 heterocycles. The Morgan fingerprint density at radius 3 is 2.26 bits per heavy atom. The van der Waals surface area contributed by atoms with Gasteiger partial charge in [-0.2, -0.15) is 0 Å². The smallest absolute Gasteiger partial charge is 0.412 e. The van der Waals surface area contributed by atoms with Gasteiger partial charge < -0.3 is 10.1 Å². The van der Waals surface area contributed by atoms with Crippen LogP contribution in [0.5, 0.6) is 0 Å². The normalized spacial score (nSPS) is 11.0. The summed E-state index contributed by atoms with van der Waals surface area (Å²) < 4.78 is 5.21. The molecule has 0 fully saturated rings. The Labute approximate surface area is 137 Å². The lowest BCUT2D eigenvalue weighted by atomic mass is 10.1. The van der Waals surface area contributed by atoms with E-state index in [1.807, 2.05) is 58.9 Å². The second kappa shape index (κ2) is 6.69. The first-order valence-electron chi connectivity index (χ1n) is 7.54. The van der Waals surface area contributed by atoms with Gasteiger partial charge in [-0.25, -0.2) is 9.78 Å². The van der Waals surface area contributed by atoms with Crippen molar-refractivity contribution in [1.82, 2.24) is 4.98 Å². The molecule has 122 valence electrons. The number of ether oxygens (including phenoxy) is 1. The van der Waals surface area contributed by atoms with Crippen LogP contribution in [0.25, 0.3) is 0 Å². The molecule has 0 unspecified atom stereocenters. The maximum Gasteiger partial charge on any atom is 0.412 e. The molecule has 5 nitrogen and oxygen atoms in total. The Morgan fingerprint density at radius 1 is 1.09 bits per heavy atom. The second-order valence-electron chi connectivity index (χ2n) is 6.45. The zero-order valence-corrected chi connectivity index (χ0v) is 14.2. The number of benzene rings is 1. The highest BCUT2D eigenvalue weighted by molar-refractivity contribution is 5.84. The number of carbonyl (C=O) groups excluding carboxylic acids is 1. The fraction of sp³-hybridized carbons (Fsp3) is 0.333. The lowest BCUT2D eigenvalue weighted by Crippen LogP contribution is -2.27. The number of hydrogen-bond donors (Lipinski definition) is 2. The number of carbonyl (C=O) groups is 1. The van der Waals surface area contributed by atoms with Gasteiger partial charge in [0.25, 0.3) is 0 Å². The van der Waals surface area contributed by atoms with Crippen molar-refractivity contribution in [2.24, 2.45) is 0 Å². The van der Waals surface area contributed by atoms with Crippen LogP contribution in [0, 0.1) is 13.8 Å². The summed E-state index contributed by atoms with van der Waals surface area (Å²) in [7, 11) is 0. The van der Waals surface area contributed by atoms with Crippen LogP contribution in [0.3, 0.4) is 0 Å². The molecule has 5 heteroatoms. The third kappa shape index (κ3) is 4.98. The molecule has 2 rings (SSSR count). The Kier molecular flexibility index (Phi) is 4.89. The molecule has 2 N–H and O–H groups in total. The number of para-hydroxylation sites is 1. The van der Waals surface area contributed by atoms with Crippen LogP contribution in [0.4, 0.5) is 22.0 Å². The quantitative estimate of drug-likeness (QED) is 0.855. The number of pyridine rings is 1. The molecule has 0 bridgehead atoms. The van der Waals surface area contributed by atoms with Crippen molar-refractivity contribution in [1.29, 1.82) is 0 Å². The fourth-order valence-corrected chi connectivity index (χ4v) is 2.10. The number of nitrogens with zero attached hydrogens (tertiary/aromatic N) is 1. The number of anilines is 3. The standard InChI is InChI=1S/C18H23N3O2/c1-12-7-6-8-13(2)16(12)21-15-10-9-14(11-19-15)20-17(22)23-18(3,4)5/h6-11H,1-5H3,(H,19,21)(H,20,22). The van der Waals surface area contributed by atoms with Gasteiger partial charge >= 0.3 is 6.09 Å². The largest absolute Gasteiger partial charge is 0.444 e. The molecule has 1 aromatic carbocycles. The fourth-order valence-electron chi connectivity index (χ4n) is 2.10. The van der Waals surface area contributed by atoms with E-state index in [9.17, 15) is 4.79 Å². The van der Waals surface area contributed by atoms with Gasteiger partial charge in [-0.1, -0.05) is 18.2 Å². The van der Waals surface area contributed by atoms with Crippen LogP contribution < -0.4 is 10.6 Å². The summed E-state index contributed by atoms with van der Waals surface area (Å²) in [5.74, 6) is 0.720. The summed E-state index contributed by atoms with van der Waals surface area (Å²) in [6.07, 6.45) is 1.11. The Bertz CT molecular complexity index is 668. The van der Waals surface area contributed by atoms with Crippen molar-refractivity contribution in [3.8, 4) is 0 Å². The number of rotatable bonds is 3. The summed E-state index contributed by atoms with van der Waals surface area (Å²) in [6, 6.07) is 9.73. The Balaban J connectivity index is 2.04. The van der Waals surface area contributed by atoms with Crippen LogP contribution in [-0.2, 0) is 4.74 Å². The van der Waals surface area contributed by atoms with E-state index in [0.717, 1.165) is 22.6 Å². The van der Waals surface area contributed by atoms with Crippen molar-refractivity contribution < 1.29 is 9.53 Å². The van der Waals surface area contributed by atoms with Gasteiger partial charge in [0.05, 0.1) is 11.9 Å². The molecule has 2 aromatic rings. The number of nitrogens with one attached hydrogen (secondary N) is 2. The first-order chi connectivity index (χ1) is 10.7. The average Bonchev–Trinajstić information content (AvgIpc) is 2.43. The predicted octanol–water partition coefficient (Wildman–Crippen LogP) is 4.79. The minimum atomic E-state index is -0.526. The molecule has 1 amide bonds. The molecule has 0 radical (unpaired) electrons. The maximum absolute atomic E-state index is 11.7. The van der Waals surface area contributed by atoms with Crippen molar-refractivity contribution in [2.75, 3.05) is 10.6 Å². The maximum atomic E-state index is 11.7. The van der Waals surface area contributed by atoms with Crippen LogP contribution >= 0.6 is 0 Å². The Morgan fingerprint density at radius 2 is 1.74 bits per heavy atom. The molecule has 0 aliphatic rings. The SMILES string of the molecule is Cc1cccc(C)c1Nc1ccc(NC(=O)OC(C)(C)C)cn1. The molecular weight excluding hydrogens is 290 g/mol. The zero-order valence-electron chi connectivity index (χ0n) is 14.2. The number of aromatic nitrogens is 1. The van der Waals surface area contributed by atoms with E-state index < -0.39 is 11.7 Å². The van der Waals surface area contributed by atoms with Gasteiger partial charge in [-0.3, -0.25) is 5.32 Å². The first kappa shape index (κ1) is 16.8. The van der Waals surface area contributed by atoms with Gasteiger partial charge in [-0.15, -0.1) is 0 Å². The second-order valence-corrected chi connectivity index (χ2v) is 6.45. The number of amides is 1. The topological polar surface area (TPSA) is 63.2 Å². The first-order valence-corrected chi connectivity index (χ1v) is 7.54. The van der Waals surface area contributed by atoms with Gasteiger partial charge in [0.15, 0.2) is 0 Å². The monoisotopic (exact) mass is 313 g/mol. The van der Waals surface area contributed by atoms with E-state index in [1.165, 1.54) is 0 Å². The number of aryl methyl sites for hydroxylation is 2. The Hall–Kier alpha value is -2.56. The summed E-state index contributed by atoms with van der Waals surface area (Å²) in [5.41, 5.74) is 3.42. The molecule has 0 saturated heterocycles. The molecule has 0 aliphatic carbocycles. The molecule has 0 aliphatic heterocycles. The molecule has 0 saturated carbocycles. The van der Waals surface area contributed by atoms with E-state index in [4.69, 9.17) is 4.74 Å². The summed E-state index contributed by atoms with van der Waals surface area (Å²) in [5, 5.41) is 5.97. The van der Waals surface area contributed by atoms with E-state index >= 15 is 0 Å². The van der Waals surface area contributed by atoms with Crippen molar-refractivity contribution in [2.45, 2.75) is 40.2 Å². The van der Waals surface area contributed by atoms with Crippen molar-refractivity contribution >= 4 is 23.3 Å². The minimum absolute atomic E-state index is 0.491. The van der Waals surface area contributed by atoms with Crippen molar-refractivity contribution in [3.05, 3.63) is 47.7 Å². The van der Waals surface area contributed by atoms with Crippen molar-refractivity contribution in [3.63, 3.8) is 0 Å². The average molecular weight is 313 g/mol. The van der Waals surface area contributed by atoms with E-state index in [-0.39, 0.29) is 0 Å².